The Labute approximate surface area is 138 Å². The van der Waals surface area contributed by atoms with Crippen LogP contribution in [0.25, 0.3) is 0 Å². The summed E-state index contributed by atoms with van der Waals surface area (Å²) in [7, 11) is 0. The van der Waals surface area contributed by atoms with Crippen LogP contribution in [0.15, 0.2) is 0 Å². The Morgan fingerprint density at radius 2 is 1.96 bits per heavy atom. The summed E-state index contributed by atoms with van der Waals surface area (Å²) in [6, 6.07) is 0.501. The van der Waals surface area contributed by atoms with E-state index in [9.17, 15) is 4.79 Å². The zero-order valence-electron chi connectivity index (χ0n) is 13.8. The van der Waals surface area contributed by atoms with Crippen molar-refractivity contribution in [1.82, 2.24) is 9.96 Å². The van der Waals surface area contributed by atoms with Gasteiger partial charge in [-0.3, -0.25) is 14.5 Å². The van der Waals surface area contributed by atoms with Crippen LogP contribution in [0.5, 0.6) is 0 Å². The van der Waals surface area contributed by atoms with Gasteiger partial charge in [-0.2, -0.15) is 0 Å². The average molecular weight is 324 g/mol. The first-order valence-corrected chi connectivity index (χ1v) is 9.19. The van der Waals surface area contributed by atoms with Gasteiger partial charge in [-0.15, -0.1) is 0 Å². The molecule has 6 heteroatoms. The van der Waals surface area contributed by atoms with Gasteiger partial charge in [-0.1, -0.05) is 0 Å². The van der Waals surface area contributed by atoms with Gasteiger partial charge >= 0.3 is 0 Å². The molecule has 0 aromatic carbocycles. The van der Waals surface area contributed by atoms with E-state index in [1.165, 1.54) is 0 Å². The number of rotatable bonds is 3. The van der Waals surface area contributed by atoms with Crippen LogP contribution in [0.1, 0.15) is 32.1 Å². The fourth-order valence-corrected chi connectivity index (χ4v) is 4.53. The lowest BCUT2D eigenvalue weighted by atomic mass is 9.87. The standard InChI is InChI=1S/C17H28N2O4/c20-17(19-5-1-6-23-19)14-10-16-15(4-9-22-16)18(12-14)11-13-2-7-21-8-3-13/h13-16H,1-12H2/t14-,15+,16+/m0/s1. The molecule has 0 aliphatic carbocycles. The van der Waals surface area contributed by atoms with E-state index < -0.39 is 0 Å². The number of fused-ring (bicyclic) bond motifs is 1. The maximum Gasteiger partial charge on any atom is 0.250 e. The van der Waals surface area contributed by atoms with Gasteiger partial charge in [0.25, 0.3) is 5.91 Å². The first-order chi connectivity index (χ1) is 11.3. The monoisotopic (exact) mass is 324 g/mol. The van der Waals surface area contributed by atoms with Crippen LogP contribution in [-0.4, -0.2) is 74.1 Å². The number of amides is 1. The third-order valence-corrected chi connectivity index (χ3v) is 5.80. The Balaban J connectivity index is 1.42. The molecule has 0 spiro atoms. The first kappa shape index (κ1) is 15.8. The summed E-state index contributed by atoms with van der Waals surface area (Å²) in [5, 5.41) is 1.59. The van der Waals surface area contributed by atoms with Gasteiger partial charge in [0.05, 0.1) is 25.2 Å². The summed E-state index contributed by atoms with van der Waals surface area (Å²) in [5.41, 5.74) is 0. The van der Waals surface area contributed by atoms with Crippen LogP contribution in [0, 0.1) is 11.8 Å². The second kappa shape index (κ2) is 7.05. The van der Waals surface area contributed by atoms with Crippen LogP contribution in [0.3, 0.4) is 0 Å². The van der Waals surface area contributed by atoms with E-state index >= 15 is 0 Å². The molecule has 0 bridgehead atoms. The molecule has 0 unspecified atom stereocenters. The van der Waals surface area contributed by atoms with Crippen molar-refractivity contribution in [2.45, 2.75) is 44.2 Å². The predicted molar refractivity (Wildman–Crippen MR) is 83.7 cm³/mol. The van der Waals surface area contributed by atoms with Gasteiger partial charge in [0.15, 0.2) is 0 Å². The molecule has 4 heterocycles. The molecular formula is C17H28N2O4. The van der Waals surface area contributed by atoms with E-state index in [0.29, 0.717) is 18.6 Å². The van der Waals surface area contributed by atoms with Gasteiger partial charge in [-0.25, -0.2) is 5.06 Å². The van der Waals surface area contributed by atoms with Crippen LogP contribution in [0.2, 0.25) is 0 Å². The van der Waals surface area contributed by atoms with Crippen LogP contribution < -0.4 is 0 Å². The topological polar surface area (TPSA) is 51.2 Å². The molecule has 4 fully saturated rings. The molecule has 4 saturated heterocycles. The Morgan fingerprint density at radius 1 is 1.09 bits per heavy atom. The minimum Gasteiger partial charge on any atom is -0.381 e. The van der Waals surface area contributed by atoms with Crippen molar-refractivity contribution < 1.29 is 19.1 Å². The number of carbonyl (C=O) groups excluding carboxylic acids is 1. The molecule has 0 saturated carbocycles. The summed E-state index contributed by atoms with van der Waals surface area (Å²) in [6.07, 6.45) is 5.42. The number of hydrogen-bond acceptors (Lipinski definition) is 5. The molecule has 4 rings (SSSR count). The highest BCUT2D eigenvalue weighted by molar-refractivity contribution is 5.78. The Bertz CT molecular complexity index is 421. The number of carbonyl (C=O) groups is 1. The van der Waals surface area contributed by atoms with Crippen LogP contribution in [-0.2, 0) is 19.1 Å². The van der Waals surface area contributed by atoms with Crippen molar-refractivity contribution in [2.24, 2.45) is 11.8 Å². The molecule has 6 nitrogen and oxygen atoms in total. The van der Waals surface area contributed by atoms with E-state index in [2.05, 4.69) is 4.90 Å². The highest BCUT2D eigenvalue weighted by atomic mass is 16.7. The number of likely N-dealkylation sites (tertiary alicyclic amines) is 1. The highest BCUT2D eigenvalue weighted by Crippen LogP contribution is 2.34. The molecule has 0 aromatic heterocycles. The number of nitrogens with zero attached hydrogens (tertiary/aromatic N) is 2. The second-order valence-corrected chi connectivity index (χ2v) is 7.33. The van der Waals surface area contributed by atoms with Gasteiger partial charge < -0.3 is 9.47 Å². The quantitative estimate of drug-likeness (QED) is 0.777. The van der Waals surface area contributed by atoms with E-state index in [4.69, 9.17) is 14.3 Å². The maximum absolute atomic E-state index is 12.7. The van der Waals surface area contributed by atoms with Crippen molar-refractivity contribution in [1.29, 1.82) is 0 Å². The molecule has 1 amide bonds. The first-order valence-electron chi connectivity index (χ1n) is 9.19. The Kier molecular flexibility index (Phi) is 4.85. The van der Waals surface area contributed by atoms with Crippen LogP contribution in [0.4, 0.5) is 0 Å². The number of hydroxylamine groups is 2. The molecule has 3 atom stereocenters. The smallest absolute Gasteiger partial charge is 0.250 e. The van der Waals surface area contributed by atoms with Gasteiger partial charge in [0.1, 0.15) is 0 Å². The van der Waals surface area contributed by atoms with Crippen molar-refractivity contribution in [3.8, 4) is 0 Å². The number of ether oxygens (including phenoxy) is 2. The number of piperidine rings is 1. The van der Waals surface area contributed by atoms with Crippen molar-refractivity contribution in [3.63, 3.8) is 0 Å². The fourth-order valence-electron chi connectivity index (χ4n) is 4.53. The zero-order chi connectivity index (χ0) is 15.6. The van der Waals surface area contributed by atoms with Crippen molar-refractivity contribution in [2.75, 3.05) is 46.1 Å². The molecule has 130 valence electrons. The third kappa shape index (κ3) is 3.40. The molecule has 4 aliphatic rings. The van der Waals surface area contributed by atoms with E-state index in [0.717, 1.165) is 71.6 Å². The largest absolute Gasteiger partial charge is 0.381 e. The van der Waals surface area contributed by atoms with Crippen molar-refractivity contribution in [3.05, 3.63) is 0 Å². The van der Waals surface area contributed by atoms with Crippen molar-refractivity contribution >= 4 is 5.91 Å². The molecule has 0 radical (unpaired) electrons. The Morgan fingerprint density at radius 3 is 2.74 bits per heavy atom. The zero-order valence-corrected chi connectivity index (χ0v) is 13.8. The van der Waals surface area contributed by atoms with E-state index in [1.54, 1.807) is 5.06 Å². The van der Waals surface area contributed by atoms with Gasteiger partial charge in [0.2, 0.25) is 0 Å². The van der Waals surface area contributed by atoms with Gasteiger partial charge in [0, 0.05) is 39.0 Å². The summed E-state index contributed by atoms with van der Waals surface area (Å²) >= 11 is 0. The highest BCUT2D eigenvalue weighted by Gasteiger charge is 2.44. The predicted octanol–water partition coefficient (Wildman–Crippen LogP) is 1.06. The fraction of sp³-hybridized carbons (Fsp3) is 0.941. The lowest BCUT2D eigenvalue weighted by Crippen LogP contribution is -2.54. The minimum atomic E-state index is 0.0206. The molecule has 4 aliphatic heterocycles. The lowest BCUT2D eigenvalue weighted by molar-refractivity contribution is -0.177. The van der Waals surface area contributed by atoms with Gasteiger partial charge in [-0.05, 0) is 38.0 Å². The normalized spacial score (nSPS) is 36.3. The lowest BCUT2D eigenvalue weighted by Gasteiger charge is -2.42. The van der Waals surface area contributed by atoms with E-state index in [-0.39, 0.29) is 17.9 Å². The molecular weight excluding hydrogens is 296 g/mol. The average Bonchev–Trinajstić information content (AvgIpc) is 3.26. The minimum absolute atomic E-state index is 0.0206. The molecule has 0 N–H and O–H groups in total. The van der Waals surface area contributed by atoms with E-state index in [1.807, 2.05) is 0 Å². The third-order valence-electron chi connectivity index (χ3n) is 5.80. The summed E-state index contributed by atoms with van der Waals surface area (Å²) in [4.78, 5) is 20.7. The SMILES string of the molecule is O=C([C@H]1C[C@H]2OCC[C@H]2N(CC2CCOCC2)C1)N1CCCO1. The second-order valence-electron chi connectivity index (χ2n) is 7.33. The van der Waals surface area contributed by atoms with Crippen LogP contribution >= 0.6 is 0 Å². The Hall–Kier alpha value is -0.690. The summed E-state index contributed by atoms with van der Waals surface area (Å²) < 4.78 is 11.4. The molecule has 23 heavy (non-hydrogen) atoms. The molecule has 0 aromatic rings. The number of hydrogen-bond donors (Lipinski definition) is 0. The summed E-state index contributed by atoms with van der Waals surface area (Å²) in [5.74, 6) is 0.877. The summed E-state index contributed by atoms with van der Waals surface area (Å²) in [6.45, 7) is 5.96. The maximum atomic E-state index is 12.7.